The molecule has 5 heteroatoms. The van der Waals surface area contributed by atoms with E-state index in [1.54, 1.807) is 6.07 Å². The second-order valence-corrected chi connectivity index (χ2v) is 7.01. The summed E-state index contributed by atoms with van der Waals surface area (Å²) < 4.78 is 11.3. The second kappa shape index (κ2) is 9.24. The zero-order valence-corrected chi connectivity index (χ0v) is 17.2. The smallest absolute Gasteiger partial charge is 0.257 e. The van der Waals surface area contributed by atoms with Crippen LogP contribution >= 0.6 is 0 Å². The van der Waals surface area contributed by atoms with Gasteiger partial charge >= 0.3 is 0 Å². The van der Waals surface area contributed by atoms with E-state index in [1.807, 2.05) is 68.4 Å². The van der Waals surface area contributed by atoms with Crippen LogP contribution in [0.2, 0.25) is 0 Å². The fourth-order valence-corrected chi connectivity index (χ4v) is 2.88. The molecule has 0 unspecified atom stereocenters. The summed E-state index contributed by atoms with van der Waals surface area (Å²) in [5.74, 6) is 2.26. The van der Waals surface area contributed by atoms with Crippen molar-refractivity contribution in [3.05, 3.63) is 77.6 Å². The van der Waals surface area contributed by atoms with E-state index < -0.39 is 0 Å². The van der Waals surface area contributed by atoms with E-state index >= 15 is 0 Å². The average Bonchev–Trinajstić information content (AvgIpc) is 2.69. The standard InChI is InChI=1S/C24H26N2O3/c1-5-28-19-9-11-20(12-10-19)29-21-8-6-7-18(15-21)26-24(27)22-13-14-23(16(2)3)25-17(22)4/h6-16H,5H2,1-4H3,(H,26,27). The van der Waals surface area contributed by atoms with Crippen LogP contribution < -0.4 is 14.8 Å². The molecule has 3 rings (SSSR count). The number of nitrogens with one attached hydrogen (secondary N) is 1. The van der Waals surface area contributed by atoms with Crippen LogP contribution in [0.1, 0.15) is 48.4 Å². The first-order chi connectivity index (χ1) is 14.0. The van der Waals surface area contributed by atoms with Crippen LogP contribution in [0.4, 0.5) is 5.69 Å². The minimum atomic E-state index is -0.191. The number of carbonyl (C=O) groups excluding carboxylic acids is 1. The van der Waals surface area contributed by atoms with Gasteiger partial charge in [0.2, 0.25) is 0 Å². The highest BCUT2D eigenvalue weighted by molar-refractivity contribution is 6.05. The Morgan fingerprint density at radius 1 is 1.00 bits per heavy atom. The summed E-state index contributed by atoms with van der Waals surface area (Å²) in [5.41, 5.74) is 2.92. The molecular formula is C24H26N2O3. The van der Waals surface area contributed by atoms with Gasteiger partial charge in [-0.3, -0.25) is 9.78 Å². The Hall–Kier alpha value is -3.34. The predicted octanol–water partition coefficient (Wildman–Crippen LogP) is 5.96. The molecule has 0 fully saturated rings. The van der Waals surface area contributed by atoms with Crippen molar-refractivity contribution in [2.75, 3.05) is 11.9 Å². The highest BCUT2D eigenvalue weighted by Crippen LogP contribution is 2.26. The van der Waals surface area contributed by atoms with Crippen LogP contribution in [0, 0.1) is 6.92 Å². The fraction of sp³-hybridized carbons (Fsp3) is 0.250. The Morgan fingerprint density at radius 3 is 2.38 bits per heavy atom. The molecule has 0 spiro atoms. The van der Waals surface area contributed by atoms with Crippen LogP contribution in [0.15, 0.2) is 60.7 Å². The topological polar surface area (TPSA) is 60.5 Å². The van der Waals surface area contributed by atoms with E-state index in [4.69, 9.17) is 9.47 Å². The van der Waals surface area contributed by atoms with Gasteiger partial charge in [-0.15, -0.1) is 0 Å². The summed E-state index contributed by atoms with van der Waals surface area (Å²) in [7, 11) is 0. The summed E-state index contributed by atoms with van der Waals surface area (Å²) in [4.78, 5) is 17.2. The van der Waals surface area contributed by atoms with Gasteiger partial charge in [0.15, 0.2) is 0 Å². The summed E-state index contributed by atoms with van der Waals surface area (Å²) in [6.07, 6.45) is 0. The van der Waals surface area contributed by atoms with Crippen molar-refractivity contribution in [1.82, 2.24) is 4.98 Å². The van der Waals surface area contributed by atoms with E-state index in [1.165, 1.54) is 0 Å². The Morgan fingerprint density at radius 2 is 1.72 bits per heavy atom. The van der Waals surface area contributed by atoms with Gasteiger partial charge in [0.25, 0.3) is 5.91 Å². The van der Waals surface area contributed by atoms with Crippen molar-refractivity contribution in [1.29, 1.82) is 0 Å². The fourth-order valence-electron chi connectivity index (χ4n) is 2.88. The summed E-state index contributed by atoms with van der Waals surface area (Å²) in [5, 5.41) is 2.92. The van der Waals surface area contributed by atoms with Gasteiger partial charge in [0.05, 0.1) is 17.9 Å². The molecule has 29 heavy (non-hydrogen) atoms. The molecule has 0 aliphatic heterocycles. The number of benzene rings is 2. The molecule has 150 valence electrons. The van der Waals surface area contributed by atoms with E-state index in [0.717, 1.165) is 17.1 Å². The molecular weight excluding hydrogens is 364 g/mol. The number of ether oxygens (including phenoxy) is 2. The molecule has 1 aromatic heterocycles. The number of rotatable bonds is 7. The number of nitrogens with zero attached hydrogens (tertiary/aromatic N) is 1. The molecule has 1 N–H and O–H groups in total. The Labute approximate surface area is 171 Å². The summed E-state index contributed by atoms with van der Waals surface area (Å²) in [6, 6.07) is 18.5. The zero-order chi connectivity index (χ0) is 20.8. The highest BCUT2D eigenvalue weighted by atomic mass is 16.5. The van der Waals surface area contributed by atoms with Crippen LogP contribution in [-0.2, 0) is 0 Å². The second-order valence-electron chi connectivity index (χ2n) is 7.01. The lowest BCUT2D eigenvalue weighted by Gasteiger charge is -2.12. The molecule has 0 saturated heterocycles. The van der Waals surface area contributed by atoms with Crippen LogP contribution in [-0.4, -0.2) is 17.5 Å². The number of amides is 1. The van der Waals surface area contributed by atoms with Gasteiger partial charge in [-0.2, -0.15) is 0 Å². The SMILES string of the molecule is CCOc1ccc(Oc2cccc(NC(=O)c3ccc(C(C)C)nc3C)c2)cc1. The number of hydrogen-bond acceptors (Lipinski definition) is 4. The van der Waals surface area contributed by atoms with Crippen molar-refractivity contribution < 1.29 is 14.3 Å². The van der Waals surface area contributed by atoms with Gasteiger partial charge in [-0.05, 0) is 68.3 Å². The van der Waals surface area contributed by atoms with Crippen LogP contribution in [0.3, 0.4) is 0 Å². The molecule has 0 bridgehead atoms. The zero-order valence-electron chi connectivity index (χ0n) is 17.2. The lowest BCUT2D eigenvalue weighted by Crippen LogP contribution is -2.14. The van der Waals surface area contributed by atoms with Crippen LogP contribution in [0.25, 0.3) is 0 Å². The quantitative estimate of drug-likeness (QED) is 0.541. The molecule has 0 saturated carbocycles. The molecule has 5 nitrogen and oxygen atoms in total. The number of carbonyl (C=O) groups is 1. The normalized spacial score (nSPS) is 10.7. The van der Waals surface area contributed by atoms with Crippen molar-refractivity contribution >= 4 is 11.6 Å². The Balaban J connectivity index is 1.70. The van der Waals surface area contributed by atoms with E-state index in [2.05, 4.69) is 24.1 Å². The maximum atomic E-state index is 12.7. The van der Waals surface area contributed by atoms with Gasteiger partial charge in [0, 0.05) is 17.4 Å². The average molecular weight is 390 g/mol. The predicted molar refractivity (Wildman–Crippen MR) is 115 cm³/mol. The van der Waals surface area contributed by atoms with E-state index in [9.17, 15) is 4.79 Å². The molecule has 1 heterocycles. The third-order valence-corrected chi connectivity index (χ3v) is 4.41. The van der Waals surface area contributed by atoms with Crippen molar-refractivity contribution in [3.63, 3.8) is 0 Å². The third kappa shape index (κ3) is 5.35. The van der Waals surface area contributed by atoms with Crippen molar-refractivity contribution in [2.24, 2.45) is 0 Å². The Bertz CT molecular complexity index is 982. The van der Waals surface area contributed by atoms with Crippen molar-refractivity contribution in [3.8, 4) is 17.2 Å². The number of aryl methyl sites for hydroxylation is 1. The first-order valence-electron chi connectivity index (χ1n) is 9.76. The van der Waals surface area contributed by atoms with Gasteiger partial charge in [0.1, 0.15) is 17.2 Å². The van der Waals surface area contributed by atoms with Gasteiger partial charge in [-0.25, -0.2) is 0 Å². The highest BCUT2D eigenvalue weighted by Gasteiger charge is 2.12. The summed E-state index contributed by atoms with van der Waals surface area (Å²) in [6.45, 7) is 8.58. The number of pyridine rings is 1. The molecule has 0 aliphatic rings. The molecule has 0 aliphatic carbocycles. The first kappa shape index (κ1) is 20.4. The molecule has 1 amide bonds. The monoisotopic (exact) mass is 390 g/mol. The molecule has 3 aromatic rings. The van der Waals surface area contributed by atoms with E-state index in [0.29, 0.717) is 35.3 Å². The molecule has 0 radical (unpaired) electrons. The largest absolute Gasteiger partial charge is 0.494 e. The minimum absolute atomic E-state index is 0.191. The maximum Gasteiger partial charge on any atom is 0.257 e. The molecule has 0 atom stereocenters. The van der Waals surface area contributed by atoms with E-state index in [-0.39, 0.29) is 5.91 Å². The van der Waals surface area contributed by atoms with Crippen LogP contribution in [0.5, 0.6) is 17.2 Å². The number of anilines is 1. The van der Waals surface area contributed by atoms with Gasteiger partial charge in [-0.1, -0.05) is 19.9 Å². The first-order valence-corrected chi connectivity index (χ1v) is 9.76. The Kier molecular flexibility index (Phi) is 6.50. The lowest BCUT2D eigenvalue weighted by molar-refractivity contribution is 0.102. The molecule has 2 aromatic carbocycles. The lowest BCUT2D eigenvalue weighted by atomic mass is 10.1. The number of aromatic nitrogens is 1. The van der Waals surface area contributed by atoms with Gasteiger partial charge < -0.3 is 14.8 Å². The van der Waals surface area contributed by atoms with Crippen molar-refractivity contribution in [2.45, 2.75) is 33.6 Å². The minimum Gasteiger partial charge on any atom is -0.494 e. The summed E-state index contributed by atoms with van der Waals surface area (Å²) >= 11 is 0. The third-order valence-electron chi connectivity index (χ3n) is 4.41. The number of hydrogen-bond donors (Lipinski definition) is 1. The maximum absolute atomic E-state index is 12.7.